The molecule has 21 heavy (non-hydrogen) atoms. The molecule has 1 aromatic heterocycles. The second-order valence-electron chi connectivity index (χ2n) is 4.49. The van der Waals surface area contributed by atoms with Crippen molar-refractivity contribution in [3.05, 3.63) is 46.4 Å². The predicted molar refractivity (Wildman–Crippen MR) is 82.1 cm³/mol. The SMILES string of the molecule is CCCCN(C(=O)c1nc(C(=O)O)cs1)c1ccccc1. The number of nitrogens with zero attached hydrogens (tertiary/aromatic N) is 2. The van der Waals surface area contributed by atoms with Gasteiger partial charge in [0.2, 0.25) is 0 Å². The summed E-state index contributed by atoms with van der Waals surface area (Å²) in [5.41, 5.74) is 0.704. The Morgan fingerprint density at radius 2 is 2.00 bits per heavy atom. The van der Waals surface area contributed by atoms with E-state index in [9.17, 15) is 9.59 Å². The molecule has 5 nitrogen and oxygen atoms in total. The van der Waals surface area contributed by atoms with E-state index in [2.05, 4.69) is 11.9 Å². The summed E-state index contributed by atoms with van der Waals surface area (Å²) in [5, 5.41) is 10.5. The van der Waals surface area contributed by atoms with Gasteiger partial charge in [0.1, 0.15) is 0 Å². The zero-order valence-corrected chi connectivity index (χ0v) is 12.5. The summed E-state index contributed by atoms with van der Waals surface area (Å²) in [6, 6.07) is 9.34. The van der Waals surface area contributed by atoms with E-state index in [-0.39, 0.29) is 16.6 Å². The van der Waals surface area contributed by atoms with Gasteiger partial charge in [0.25, 0.3) is 5.91 Å². The third kappa shape index (κ3) is 3.66. The maximum atomic E-state index is 12.6. The molecule has 0 radical (unpaired) electrons. The standard InChI is InChI=1S/C15H16N2O3S/c1-2-3-9-17(11-7-5-4-6-8-11)14(18)13-16-12(10-21-13)15(19)20/h4-8,10H,2-3,9H2,1H3,(H,19,20). The lowest BCUT2D eigenvalue weighted by atomic mass is 10.2. The van der Waals surface area contributed by atoms with Crippen molar-refractivity contribution in [2.24, 2.45) is 0 Å². The van der Waals surface area contributed by atoms with Gasteiger partial charge in [-0.05, 0) is 18.6 Å². The van der Waals surface area contributed by atoms with Gasteiger partial charge in [-0.2, -0.15) is 0 Å². The lowest BCUT2D eigenvalue weighted by Gasteiger charge is -2.21. The van der Waals surface area contributed by atoms with Crippen molar-refractivity contribution in [2.45, 2.75) is 19.8 Å². The number of carboxylic acids is 1. The Bertz CT molecular complexity index is 625. The average molecular weight is 304 g/mol. The minimum absolute atomic E-state index is 0.0909. The average Bonchev–Trinajstić information content (AvgIpc) is 2.98. The molecule has 0 aliphatic carbocycles. The van der Waals surface area contributed by atoms with Crippen molar-refractivity contribution in [1.29, 1.82) is 0 Å². The molecule has 6 heteroatoms. The molecule has 0 spiro atoms. The van der Waals surface area contributed by atoms with E-state index >= 15 is 0 Å². The number of para-hydroxylation sites is 1. The van der Waals surface area contributed by atoms with E-state index in [4.69, 9.17) is 5.11 Å². The van der Waals surface area contributed by atoms with Crippen molar-refractivity contribution in [2.75, 3.05) is 11.4 Å². The van der Waals surface area contributed by atoms with Crippen molar-refractivity contribution in [1.82, 2.24) is 4.98 Å². The van der Waals surface area contributed by atoms with E-state index in [1.165, 1.54) is 5.38 Å². The van der Waals surface area contributed by atoms with Crippen molar-refractivity contribution in [3.63, 3.8) is 0 Å². The molecule has 1 aromatic carbocycles. The van der Waals surface area contributed by atoms with E-state index in [1.54, 1.807) is 4.90 Å². The van der Waals surface area contributed by atoms with Gasteiger partial charge < -0.3 is 10.0 Å². The number of amides is 1. The zero-order valence-electron chi connectivity index (χ0n) is 11.7. The fourth-order valence-electron chi connectivity index (χ4n) is 1.86. The summed E-state index contributed by atoms with van der Waals surface area (Å²) in [5.74, 6) is -1.38. The number of benzene rings is 1. The lowest BCUT2D eigenvalue weighted by molar-refractivity contribution is 0.0691. The Labute approximate surface area is 126 Å². The lowest BCUT2D eigenvalue weighted by Crippen LogP contribution is -2.31. The van der Waals surface area contributed by atoms with Crippen LogP contribution in [0.4, 0.5) is 5.69 Å². The number of hydrogen-bond acceptors (Lipinski definition) is 4. The van der Waals surface area contributed by atoms with Crippen molar-refractivity contribution >= 4 is 28.9 Å². The highest BCUT2D eigenvalue weighted by Gasteiger charge is 2.21. The maximum Gasteiger partial charge on any atom is 0.355 e. The molecular formula is C15H16N2O3S. The van der Waals surface area contributed by atoms with Crippen LogP contribution >= 0.6 is 11.3 Å². The van der Waals surface area contributed by atoms with Crippen LogP contribution in [-0.4, -0.2) is 28.5 Å². The minimum Gasteiger partial charge on any atom is -0.476 e. The molecule has 0 unspecified atom stereocenters. The fraction of sp³-hybridized carbons (Fsp3) is 0.267. The number of aromatic carboxylic acids is 1. The van der Waals surface area contributed by atoms with Crippen molar-refractivity contribution in [3.8, 4) is 0 Å². The molecule has 0 saturated carbocycles. The molecule has 1 heterocycles. The van der Waals surface area contributed by atoms with Gasteiger partial charge >= 0.3 is 5.97 Å². The summed E-state index contributed by atoms with van der Waals surface area (Å²) in [6.07, 6.45) is 1.84. The molecule has 2 rings (SSSR count). The molecular weight excluding hydrogens is 288 g/mol. The molecule has 2 aromatic rings. The van der Waals surface area contributed by atoms with Gasteiger partial charge in [0.05, 0.1) is 0 Å². The number of carbonyl (C=O) groups is 2. The Balaban J connectivity index is 2.27. The normalized spacial score (nSPS) is 10.3. The third-order valence-electron chi connectivity index (χ3n) is 2.95. The molecule has 0 atom stereocenters. The molecule has 0 bridgehead atoms. The quantitative estimate of drug-likeness (QED) is 0.889. The van der Waals surface area contributed by atoms with E-state index in [0.717, 1.165) is 29.9 Å². The second kappa shape index (κ2) is 6.99. The number of anilines is 1. The molecule has 0 saturated heterocycles. The van der Waals surface area contributed by atoms with E-state index < -0.39 is 5.97 Å². The number of carbonyl (C=O) groups excluding carboxylic acids is 1. The number of thiazole rings is 1. The maximum absolute atomic E-state index is 12.6. The van der Waals surface area contributed by atoms with Crippen LogP contribution in [-0.2, 0) is 0 Å². The smallest absolute Gasteiger partial charge is 0.355 e. The highest BCUT2D eigenvalue weighted by atomic mass is 32.1. The molecule has 1 amide bonds. The van der Waals surface area contributed by atoms with E-state index in [1.807, 2.05) is 30.3 Å². The topological polar surface area (TPSA) is 70.5 Å². The fourth-order valence-corrected chi connectivity index (χ4v) is 2.60. The number of carboxylic acid groups (broad SMARTS) is 1. The first-order chi connectivity index (χ1) is 10.1. The van der Waals surface area contributed by atoms with E-state index in [0.29, 0.717) is 6.54 Å². The van der Waals surface area contributed by atoms with Gasteiger partial charge in [-0.25, -0.2) is 9.78 Å². The minimum atomic E-state index is -1.12. The summed E-state index contributed by atoms with van der Waals surface area (Å²) in [4.78, 5) is 29.0. The summed E-state index contributed by atoms with van der Waals surface area (Å²) in [7, 11) is 0. The van der Waals surface area contributed by atoms with Crippen LogP contribution in [0.2, 0.25) is 0 Å². The van der Waals surface area contributed by atoms with Gasteiger partial charge in [0.15, 0.2) is 10.7 Å². The zero-order chi connectivity index (χ0) is 15.2. The second-order valence-corrected chi connectivity index (χ2v) is 5.35. The Hall–Kier alpha value is -2.21. The van der Waals surface area contributed by atoms with Gasteiger partial charge in [-0.1, -0.05) is 31.5 Å². The number of rotatable bonds is 6. The monoisotopic (exact) mass is 304 g/mol. The number of unbranched alkanes of at least 4 members (excludes halogenated alkanes) is 1. The molecule has 1 N–H and O–H groups in total. The predicted octanol–water partition coefficient (Wildman–Crippen LogP) is 3.29. The number of aromatic nitrogens is 1. The highest BCUT2D eigenvalue weighted by Crippen LogP contribution is 2.20. The Morgan fingerprint density at radius 1 is 1.29 bits per heavy atom. The molecule has 0 fully saturated rings. The molecule has 110 valence electrons. The summed E-state index contributed by atoms with van der Waals surface area (Å²) in [6.45, 7) is 2.64. The first-order valence-corrected chi connectivity index (χ1v) is 7.57. The van der Waals surface area contributed by atoms with Gasteiger partial charge in [0, 0.05) is 17.6 Å². The van der Waals surface area contributed by atoms with Crippen LogP contribution < -0.4 is 4.90 Å². The van der Waals surface area contributed by atoms with Gasteiger partial charge in [-0.3, -0.25) is 4.79 Å². The van der Waals surface area contributed by atoms with Gasteiger partial charge in [-0.15, -0.1) is 11.3 Å². The largest absolute Gasteiger partial charge is 0.476 e. The van der Waals surface area contributed by atoms with Crippen LogP contribution in [0.25, 0.3) is 0 Å². The van der Waals surface area contributed by atoms with Crippen molar-refractivity contribution < 1.29 is 14.7 Å². The van der Waals surface area contributed by atoms with Crippen LogP contribution in [0.3, 0.4) is 0 Å². The van der Waals surface area contributed by atoms with Crippen LogP contribution in [0.1, 0.15) is 40.1 Å². The van der Waals surface area contributed by atoms with Crippen LogP contribution in [0, 0.1) is 0 Å². The Kier molecular flexibility index (Phi) is 5.05. The first-order valence-electron chi connectivity index (χ1n) is 6.69. The third-order valence-corrected chi connectivity index (χ3v) is 3.78. The van der Waals surface area contributed by atoms with Crippen LogP contribution in [0.15, 0.2) is 35.7 Å². The highest BCUT2D eigenvalue weighted by molar-refractivity contribution is 7.12. The number of hydrogen-bond donors (Lipinski definition) is 1. The summed E-state index contributed by atoms with van der Waals surface area (Å²) < 4.78 is 0. The molecule has 0 aliphatic rings. The molecule has 0 aliphatic heterocycles. The Morgan fingerprint density at radius 3 is 2.57 bits per heavy atom. The van der Waals surface area contributed by atoms with Crippen LogP contribution in [0.5, 0.6) is 0 Å². The summed E-state index contributed by atoms with van der Waals surface area (Å²) >= 11 is 1.06. The first kappa shape index (κ1) is 15.2.